The van der Waals surface area contributed by atoms with E-state index in [1.807, 2.05) is 0 Å². The van der Waals surface area contributed by atoms with Crippen molar-refractivity contribution >= 4 is 26.8 Å². The zero-order valence-electron chi connectivity index (χ0n) is 17.0. The molecule has 0 saturated carbocycles. The zero-order valence-corrected chi connectivity index (χ0v) is 17.9. The Kier molecular flexibility index (Phi) is 5.48. The van der Waals surface area contributed by atoms with Gasteiger partial charge in [0.1, 0.15) is 4.90 Å². The first kappa shape index (κ1) is 20.4. The van der Waals surface area contributed by atoms with Gasteiger partial charge in [-0.25, -0.2) is 0 Å². The first-order chi connectivity index (χ1) is 14.4. The third kappa shape index (κ3) is 3.78. The van der Waals surface area contributed by atoms with Crippen LogP contribution in [0.2, 0.25) is 0 Å². The summed E-state index contributed by atoms with van der Waals surface area (Å²) in [5.41, 5.74) is 1.38. The molecule has 0 spiro atoms. The third-order valence-electron chi connectivity index (χ3n) is 5.07. The normalized spacial score (nSPS) is 17.2. The van der Waals surface area contributed by atoms with E-state index >= 15 is 0 Å². The van der Waals surface area contributed by atoms with Crippen LogP contribution in [-0.2, 0) is 10.1 Å². The second-order valence-electron chi connectivity index (χ2n) is 7.11. The number of rotatable bonds is 6. The van der Waals surface area contributed by atoms with Gasteiger partial charge in [0.25, 0.3) is 0 Å². The molecule has 1 aliphatic rings. The highest BCUT2D eigenvalue weighted by Gasteiger charge is 2.26. The first-order valence-corrected chi connectivity index (χ1v) is 11.0. The fraction of sp³-hybridized carbons (Fsp3) is 0.333. The molecule has 2 aromatic carbocycles. The lowest BCUT2D eigenvalue weighted by atomic mass is 10.1. The molecule has 0 bridgehead atoms. The number of hydrogen-bond acceptors (Lipinski definition) is 8. The largest absolute Gasteiger partial charge is 0.493 e. The molecular weight excluding hydrogens is 408 g/mol. The summed E-state index contributed by atoms with van der Waals surface area (Å²) in [6.07, 6.45) is 1.56. The van der Waals surface area contributed by atoms with Crippen molar-refractivity contribution in [3.63, 3.8) is 0 Å². The van der Waals surface area contributed by atoms with Crippen molar-refractivity contribution in [3.8, 4) is 17.2 Å². The molecule has 1 N–H and O–H groups in total. The first-order valence-electron chi connectivity index (χ1n) is 9.58. The minimum atomic E-state index is -4.13. The molecule has 1 saturated heterocycles. The molecule has 1 fully saturated rings. The van der Waals surface area contributed by atoms with Crippen LogP contribution in [0.1, 0.15) is 6.92 Å². The number of furan rings is 1. The fourth-order valence-electron chi connectivity index (χ4n) is 3.66. The van der Waals surface area contributed by atoms with E-state index in [2.05, 4.69) is 17.1 Å². The average Bonchev–Trinajstić information content (AvgIpc) is 3.21. The summed E-state index contributed by atoms with van der Waals surface area (Å²) in [7, 11) is -1.23. The second kappa shape index (κ2) is 8.08. The van der Waals surface area contributed by atoms with Crippen LogP contribution in [0.5, 0.6) is 17.2 Å². The molecule has 4 rings (SSSR count). The van der Waals surface area contributed by atoms with Gasteiger partial charge in [-0.1, -0.05) is 6.07 Å². The summed E-state index contributed by atoms with van der Waals surface area (Å²) in [5, 5.41) is 4.08. The monoisotopic (exact) mass is 432 g/mol. The molecule has 0 amide bonds. The predicted molar refractivity (Wildman–Crippen MR) is 113 cm³/mol. The van der Waals surface area contributed by atoms with E-state index < -0.39 is 10.1 Å². The standard InChI is InChI=1S/C21H24N2O6S/c1-14-13-23(9-8-22-14)17-12-16(11-15-7-10-28-20(15)17)30(24,25)29-19-6-4-5-18(26-2)21(19)27-3/h4-7,10-12,14,22H,8-9,13H2,1-3H3/t14-/m0/s1. The Balaban J connectivity index is 1.76. The summed E-state index contributed by atoms with van der Waals surface area (Å²) in [6.45, 7) is 4.38. The zero-order chi connectivity index (χ0) is 21.3. The Bertz CT molecular complexity index is 1160. The molecule has 1 atom stereocenters. The number of benzene rings is 2. The number of para-hydroxylation sites is 1. The highest BCUT2D eigenvalue weighted by molar-refractivity contribution is 7.87. The highest BCUT2D eigenvalue weighted by atomic mass is 32.2. The molecule has 1 aliphatic heterocycles. The quantitative estimate of drug-likeness (QED) is 0.595. The predicted octanol–water partition coefficient (Wildman–Crippen LogP) is 3.02. The van der Waals surface area contributed by atoms with Crippen LogP contribution in [-0.4, -0.2) is 48.3 Å². The fourth-order valence-corrected chi connectivity index (χ4v) is 4.65. The minimum absolute atomic E-state index is 0.0439. The molecule has 1 aromatic heterocycles. The Morgan fingerprint density at radius 1 is 1.13 bits per heavy atom. The molecule has 9 heteroatoms. The van der Waals surface area contributed by atoms with Gasteiger partial charge in [-0.2, -0.15) is 8.42 Å². The highest BCUT2D eigenvalue weighted by Crippen LogP contribution is 2.39. The molecule has 0 aliphatic carbocycles. The lowest BCUT2D eigenvalue weighted by Crippen LogP contribution is -2.49. The van der Waals surface area contributed by atoms with Gasteiger partial charge in [0, 0.05) is 31.1 Å². The molecule has 8 nitrogen and oxygen atoms in total. The molecular formula is C21H24N2O6S. The maximum absolute atomic E-state index is 13.2. The lowest BCUT2D eigenvalue weighted by molar-refractivity contribution is 0.343. The number of anilines is 1. The maximum Gasteiger partial charge on any atom is 0.339 e. The summed E-state index contributed by atoms with van der Waals surface area (Å²) < 4.78 is 47.9. The van der Waals surface area contributed by atoms with Gasteiger partial charge in [0.15, 0.2) is 17.1 Å². The van der Waals surface area contributed by atoms with Crippen molar-refractivity contribution in [2.24, 2.45) is 0 Å². The SMILES string of the molecule is COc1cccc(OS(=O)(=O)c2cc(N3CCN[C@@H](C)C3)c3occc3c2)c1OC. The number of nitrogens with one attached hydrogen (secondary N) is 1. The van der Waals surface area contributed by atoms with E-state index in [0.717, 1.165) is 25.3 Å². The minimum Gasteiger partial charge on any atom is -0.493 e. The van der Waals surface area contributed by atoms with Crippen LogP contribution < -0.4 is 23.9 Å². The van der Waals surface area contributed by atoms with Gasteiger partial charge >= 0.3 is 10.1 Å². The van der Waals surface area contributed by atoms with E-state index in [1.165, 1.54) is 20.3 Å². The summed E-state index contributed by atoms with van der Waals surface area (Å²) in [6, 6.07) is 10.0. The molecule has 2 heterocycles. The van der Waals surface area contributed by atoms with E-state index in [1.54, 1.807) is 36.6 Å². The van der Waals surface area contributed by atoms with E-state index in [9.17, 15) is 8.42 Å². The van der Waals surface area contributed by atoms with Crippen LogP contribution in [0.4, 0.5) is 5.69 Å². The number of piperazine rings is 1. The van der Waals surface area contributed by atoms with Crippen molar-refractivity contribution in [3.05, 3.63) is 42.7 Å². The lowest BCUT2D eigenvalue weighted by Gasteiger charge is -2.33. The van der Waals surface area contributed by atoms with Gasteiger partial charge < -0.3 is 28.3 Å². The third-order valence-corrected chi connectivity index (χ3v) is 6.28. The Morgan fingerprint density at radius 2 is 1.93 bits per heavy atom. The van der Waals surface area contributed by atoms with E-state index in [4.69, 9.17) is 18.1 Å². The van der Waals surface area contributed by atoms with Crippen LogP contribution in [0, 0.1) is 0 Å². The van der Waals surface area contributed by atoms with Gasteiger partial charge in [-0.05, 0) is 37.3 Å². The van der Waals surface area contributed by atoms with E-state index in [0.29, 0.717) is 16.7 Å². The molecule has 0 radical (unpaired) electrons. The molecule has 160 valence electrons. The molecule has 3 aromatic rings. The summed E-state index contributed by atoms with van der Waals surface area (Å²) >= 11 is 0. The van der Waals surface area contributed by atoms with Gasteiger partial charge in [0.05, 0.1) is 26.2 Å². The van der Waals surface area contributed by atoms with Crippen molar-refractivity contribution < 1.29 is 26.5 Å². The Hall–Kier alpha value is -2.91. The average molecular weight is 432 g/mol. The van der Waals surface area contributed by atoms with Crippen LogP contribution >= 0.6 is 0 Å². The number of nitrogens with zero attached hydrogens (tertiary/aromatic N) is 1. The van der Waals surface area contributed by atoms with Crippen LogP contribution in [0.25, 0.3) is 11.0 Å². The number of hydrogen-bond donors (Lipinski definition) is 1. The second-order valence-corrected chi connectivity index (χ2v) is 8.66. The number of fused-ring (bicyclic) bond motifs is 1. The number of ether oxygens (including phenoxy) is 2. The summed E-state index contributed by atoms with van der Waals surface area (Å²) in [5.74, 6) is 0.650. The Labute approximate surface area is 175 Å². The number of methoxy groups -OCH3 is 2. The van der Waals surface area contributed by atoms with Crippen molar-refractivity contribution in [2.75, 3.05) is 38.8 Å². The van der Waals surface area contributed by atoms with Crippen molar-refractivity contribution in [1.29, 1.82) is 0 Å². The van der Waals surface area contributed by atoms with Gasteiger partial charge in [-0.15, -0.1) is 0 Å². The smallest absolute Gasteiger partial charge is 0.339 e. The van der Waals surface area contributed by atoms with Crippen LogP contribution in [0.15, 0.2) is 52.0 Å². The molecule has 30 heavy (non-hydrogen) atoms. The van der Waals surface area contributed by atoms with Gasteiger partial charge in [-0.3, -0.25) is 0 Å². The maximum atomic E-state index is 13.2. The summed E-state index contributed by atoms with van der Waals surface area (Å²) in [4.78, 5) is 2.17. The topological polar surface area (TPSA) is 90.2 Å². The van der Waals surface area contributed by atoms with Gasteiger partial charge in [0.2, 0.25) is 5.75 Å². The molecule has 0 unspecified atom stereocenters. The van der Waals surface area contributed by atoms with Crippen LogP contribution in [0.3, 0.4) is 0 Å². The van der Waals surface area contributed by atoms with Crippen molar-refractivity contribution in [1.82, 2.24) is 5.32 Å². The Morgan fingerprint density at radius 3 is 2.67 bits per heavy atom. The van der Waals surface area contributed by atoms with Crippen molar-refractivity contribution in [2.45, 2.75) is 17.9 Å². The van der Waals surface area contributed by atoms with E-state index in [-0.39, 0.29) is 22.4 Å².